The minimum absolute atomic E-state index is 0.0600. The van der Waals surface area contributed by atoms with E-state index < -0.39 is 6.10 Å². The smallest absolute Gasteiger partial charge is 0.258 e. The Morgan fingerprint density at radius 3 is 3.11 bits per heavy atom. The van der Waals surface area contributed by atoms with Crippen molar-refractivity contribution in [1.29, 1.82) is 0 Å². The molecule has 2 saturated heterocycles. The van der Waals surface area contributed by atoms with E-state index in [0.29, 0.717) is 55.4 Å². The van der Waals surface area contributed by atoms with Crippen molar-refractivity contribution in [3.05, 3.63) is 40.4 Å². The van der Waals surface area contributed by atoms with Crippen LogP contribution < -0.4 is 16.2 Å². The zero-order valence-corrected chi connectivity index (χ0v) is 15.9. The highest BCUT2D eigenvalue weighted by atomic mass is 16.5. The molecular formula is C20H27N5O3. The first-order valence-electron chi connectivity index (χ1n) is 9.99. The molecule has 0 spiro atoms. The lowest BCUT2D eigenvalue weighted by atomic mass is 10.00. The molecule has 150 valence electrons. The van der Waals surface area contributed by atoms with Gasteiger partial charge < -0.3 is 20.4 Å². The number of fused-ring (bicyclic) bond motifs is 1. The summed E-state index contributed by atoms with van der Waals surface area (Å²) >= 11 is 0. The van der Waals surface area contributed by atoms with Crippen LogP contribution in [-0.4, -0.2) is 66.2 Å². The number of para-hydroxylation sites is 1. The van der Waals surface area contributed by atoms with Gasteiger partial charge in [-0.15, -0.1) is 0 Å². The van der Waals surface area contributed by atoms with Crippen LogP contribution in [0.25, 0.3) is 10.9 Å². The molecule has 1 aromatic heterocycles. The Morgan fingerprint density at radius 2 is 2.25 bits per heavy atom. The third-order valence-electron chi connectivity index (χ3n) is 5.44. The van der Waals surface area contributed by atoms with Crippen molar-refractivity contribution in [2.45, 2.75) is 25.5 Å². The summed E-state index contributed by atoms with van der Waals surface area (Å²) in [5, 5.41) is 6.98. The molecule has 2 aliphatic rings. The number of nitrogens with one attached hydrogen (secondary N) is 3. The number of ether oxygens (including phenoxy) is 1. The van der Waals surface area contributed by atoms with Gasteiger partial charge in [-0.25, -0.2) is 4.98 Å². The zero-order chi connectivity index (χ0) is 19.3. The average molecular weight is 385 g/mol. The second kappa shape index (κ2) is 8.81. The monoisotopic (exact) mass is 385 g/mol. The number of carbonyl (C=O) groups is 1. The van der Waals surface area contributed by atoms with Gasteiger partial charge in [0.15, 0.2) is 0 Å². The number of hydrogen-bond acceptors (Lipinski definition) is 6. The Morgan fingerprint density at radius 1 is 1.36 bits per heavy atom. The number of piperidine rings is 1. The SMILES string of the molecule is O=C(NCC1CCCNC1)C1CN(Cc2nc3ccccc3c(=O)[nH]2)CCO1. The van der Waals surface area contributed by atoms with E-state index in [-0.39, 0.29) is 11.5 Å². The maximum absolute atomic E-state index is 12.5. The van der Waals surface area contributed by atoms with E-state index >= 15 is 0 Å². The highest BCUT2D eigenvalue weighted by Gasteiger charge is 2.27. The van der Waals surface area contributed by atoms with Gasteiger partial charge in [0.05, 0.1) is 24.1 Å². The number of morpholine rings is 1. The van der Waals surface area contributed by atoms with Crippen molar-refractivity contribution in [2.24, 2.45) is 5.92 Å². The number of amides is 1. The third-order valence-corrected chi connectivity index (χ3v) is 5.44. The summed E-state index contributed by atoms with van der Waals surface area (Å²) in [6.45, 7) is 4.87. The molecule has 8 nitrogen and oxygen atoms in total. The van der Waals surface area contributed by atoms with Gasteiger partial charge in [0.25, 0.3) is 5.56 Å². The molecular weight excluding hydrogens is 358 g/mol. The number of rotatable bonds is 5. The summed E-state index contributed by atoms with van der Waals surface area (Å²) in [4.78, 5) is 34.3. The van der Waals surface area contributed by atoms with Crippen molar-refractivity contribution in [1.82, 2.24) is 25.5 Å². The lowest BCUT2D eigenvalue weighted by Gasteiger charge is -2.32. The van der Waals surface area contributed by atoms with Gasteiger partial charge >= 0.3 is 0 Å². The van der Waals surface area contributed by atoms with Crippen LogP contribution in [0.2, 0.25) is 0 Å². The predicted molar refractivity (Wildman–Crippen MR) is 106 cm³/mol. The van der Waals surface area contributed by atoms with E-state index in [2.05, 4.69) is 25.5 Å². The van der Waals surface area contributed by atoms with Gasteiger partial charge in [-0.1, -0.05) is 12.1 Å². The van der Waals surface area contributed by atoms with Crippen molar-refractivity contribution < 1.29 is 9.53 Å². The molecule has 2 fully saturated rings. The van der Waals surface area contributed by atoms with Crippen LogP contribution in [0.15, 0.2) is 29.1 Å². The van der Waals surface area contributed by atoms with Crippen LogP contribution in [0.3, 0.4) is 0 Å². The Kier molecular flexibility index (Phi) is 5.99. The van der Waals surface area contributed by atoms with Gasteiger partial charge in [-0.2, -0.15) is 0 Å². The molecule has 1 amide bonds. The molecule has 1 aromatic carbocycles. The molecule has 3 heterocycles. The summed E-state index contributed by atoms with van der Waals surface area (Å²) < 4.78 is 5.68. The number of hydrogen-bond donors (Lipinski definition) is 3. The highest BCUT2D eigenvalue weighted by Crippen LogP contribution is 2.12. The molecule has 2 unspecified atom stereocenters. The standard InChI is InChI=1S/C20H27N5O3/c26-19-15-5-1-2-6-16(15)23-18(24-19)13-25-8-9-28-17(12-25)20(27)22-11-14-4-3-7-21-10-14/h1-2,5-6,14,17,21H,3-4,7-13H2,(H,22,27)(H,23,24,26). The van der Waals surface area contributed by atoms with Gasteiger partial charge in [-0.05, 0) is 44.0 Å². The first kappa shape index (κ1) is 19.0. The Hall–Kier alpha value is -2.29. The number of aromatic nitrogens is 2. The first-order chi connectivity index (χ1) is 13.7. The normalized spacial score (nSPS) is 23.6. The second-order valence-electron chi connectivity index (χ2n) is 7.58. The molecule has 2 aliphatic heterocycles. The van der Waals surface area contributed by atoms with Gasteiger partial charge in [-0.3, -0.25) is 14.5 Å². The molecule has 28 heavy (non-hydrogen) atoms. The number of carbonyl (C=O) groups excluding carboxylic acids is 1. The van der Waals surface area contributed by atoms with Crippen LogP contribution in [0.1, 0.15) is 18.7 Å². The summed E-state index contributed by atoms with van der Waals surface area (Å²) in [6.07, 6.45) is 1.81. The van der Waals surface area contributed by atoms with Crippen molar-refractivity contribution in [2.75, 3.05) is 39.3 Å². The van der Waals surface area contributed by atoms with E-state index in [9.17, 15) is 9.59 Å². The Bertz CT molecular complexity index is 878. The predicted octanol–water partition coefficient (Wildman–Crippen LogP) is 0.240. The summed E-state index contributed by atoms with van der Waals surface area (Å²) in [5.41, 5.74) is 0.550. The lowest BCUT2D eigenvalue weighted by molar-refractivity contribution is -0.139. The highest BCUT2D eigenvalue weighted by molar-refractivity contribution is 5.81. The number of benzene rings is 1. The van der Waals surface area contributed by atoms with Gasteiger partial charge in [0, 0.05) is 19.6 Å². The topological polar surface area (TPSA) is 99.4 Å². The molecule has 0 bridgehead atoms. The number of H-pyrrole nitrogens is 1. The van der Waals surface area contributed by atoms with Crippen LogP contribution in [0.5, 0.6) is 0 Å². The molecule has 0 radical (unpaired) electrons. The van der Waals surface area contributed by atoms with Gasteiger partial charge in [0.1, 0.15) is 11.9 Å². The minimum atomic E-state index is -0.488. The summed E-state index contributed by atoms with van der Waals surface area (Å²) in [5.74, 6) is 1.04. The zero-order valence-electron chi connectivity index (χ0n) is 15.9. The maximum Gasteiger partial charge on any atom is 0.258 e. The Balaban J connectivity index is 1.34. The van der Waals surface area contributed by atoms with E-state index in [4.69, 9.17) is 4.74 Å². The van der Waals surface area contributed by atoms with Crippen LogP contribution in [-0.2, 0) is 16.1 Å². The fraction of sp³-hybridized carbons (Fsp3) is 0.550. The van der Waals surface area contributed by atoms with Crippen LogP contribution >= 0.6 is 0 Å². The fourth-order valence-electron chi connectivity index (χ4n) is 3.88. The third kappa shape index (κ3) is 4.57. The largest absolute Gasteiger partial charge is 0.366 e. The number of aromatic amines is 1. The first-order valence-corrected chi connectivity index (χ1v) is 9.99. The average Bonchev–Trinajstić information content (AvgIpc) is 2.73. The van der Waals surface area contributed by atoms with Crippen molar-refractivity contribution in [3.63, 3.8) is 0 Å². The maximum atomic E-state index is 12.5. The molecule has 2 aromatic rings. The van der Waals surface area contributed by atoms with E-state index in [0.717, 1.165) is 25.9 Å². The van der Waals surface area contributed by atoms with Crippen molar-refractivity contribution >= 4 is 16.8 Å². The second-order valence-corrected chi connectivity index (χ2v) is 7.58. The molecule has 0 saturated carbocycles. The molecule has 8 heteroatoms. The minimum Gasteiger partial charge on any atom is -0.366 e. The molecule has 4 rings (SSSR count). The van der Waals surface area contributed by atoms with E-state index in [1.54, 1.807) is 6.07 Å². The fourth-order valence-corrected chi connectivity index (χ4v) is 3.88. The van der Waals surface area contributed by atoms with Gasteiger partial charge in [0.2, 0.25) is 5.91 Å². The summed E-state index contributed by atoms with van der Waals surface area (Å²) in [6, 6.07) is 7.30. The molecule has 3 N–H and O–H groups in total. The van der Waals surface area contributed by atoms with Crippen LogP contribution in [0.4, 0.5) is 0 Å². The quantitative estimate of drug-likeness (QED) is 0.682. The lowest BCUT2D eigenvalue weighted by Crippen LogP contribution is -2.51. The summed E-state index contributed by atoms with van der Waals surface area (Å²) in [7, 11) is 0. The van der Waals surface area contributed by atoms with Crippen molar-refractivity contribution in [3.8, 4) is 0 Å². The Labute approximate surface area is 163 Å². The van der Waals surface area contributed by atoms with Crippen LogP contribution in [0, 0.1) is 5.92 Å². The molecule has 0 aliphatic carbocycles. The van der Waals surface area contributed by atoms with E-state index in [1.165, 1.54) is 0 Å². The van der Waals surface area contributed by atoms with E-state index in [1.807, 2.05) is 18.2 Å². The number of nitrogens with zero attached hydrogens (tertiary/aromatic N) is 2. The molecule has 2 atom stereocenters.